The second kappa shape index (κ2) is 4.82. The molecule has 0 spiro atoms. The second-order valence-corrected chi connectivity index (χ2v) is 5.13. The van der Waals surface area contributed by atoms with Crippen molar-refractivity contribution in [3.63, 3.8) is 0 Å². The lowest BCUT2D eigenvalue weighted by molar-refractivity contribution is -0.124. The van der Waals surface area contributed by atoms with Crippen LogP contribution in [0.4, 0.5) is 0 Å². The third-order valence-corrected chi connectivity index (χ3v) is 3.77. The molecular weight excluding hydrogens is 206 g/mol. The number of carbonyl (C=O) groups excluding carboxylic acids is 1. The lowest BCUT2D eigenvalue weighted by atomic mass is 9.93. The number of likely N-dealkylation sites (N-methyl/N-ethyl adjacent to an activating group) is 1. The van der Waals surface area contributed by atoms with Gasteiger partial charge in [-0.2, -0.15) is 0 Å². The summed E-state index contributed by atoms with van der Waals surface area (Å²) in [6.45, 7) is 1.85. The molecule has 2 rings (SSSR count). The Morgan fingerprint density at radius 1 is 1.50 bits per heavy atom. The van der Waals surface area contributed by atoms with E-state index in [2.05, 4.69) is 0 Å². The maximum Gasteiger partial charge on any atom is 0.149 e. The van der Waals surface area contributed by atoms with Crippen molar-refractivity contribution in [2.24, 2.45) is 0 Å². The molecule has 0 aromatic carbocycles. The highest BCUT2D eigenvalue weighted by Gasteiger charge is 2.35. The average molecular weight is 227 g/mol. The van der Waals surface area contributed by atoms with Gasteiger partial charge in [-0.25, -0.2) is 0 Å². The van der Waals surface area contributed by atoms with E-state index in [1.54, 1.807) is 0 Å². The number of ether oxygens (including phenoxy) is 1. The second-order valence-electron chi connectivity index (χ2n) is 5.13. The van der Waals surface area contributed by atoms with Crippen LogP contribution in [-0.2, 0) is 9.53 Å². The highest BCUT2D eigenvalue weighted by Crippen LogP contribution is 2.25. The van der Waals surface area contributed by atoms with Gasteiger partial charge in [0.05, 0.1) is 11.6 Å². The SMILES string of the molecule is CN(CC1(O)CCOCC1)C1CCCC1=O. The van der Waals surface area contributed by atoms with E-state index in [0.717, 1.165) is 12.8 Å². The van der Waals surface area contributed by atoms with Gasteiger partial charge in [-0.15, -0.1) is 0 Å². The molecule has 0 amide bonds. The normalized spacial score (nSPS) is 29.9. The monoisotopic (exact) mass is 227 g/mol. The lowest BCUT2D eigenvalue weighted by Crippen LogP contribution is -2.49. The quantitative estimate of drug-likeness (QED) is 0.766. The number of Topliss-reactive ketones (excluding diaryl/α,β-unsaturated/α-hetero) is 1. The molecule has 1 atom stereocenters. The van der Waals surface area contributed by atoms with Crippen molar-refractivity contribution < 1.29 is 14.6 Å². The summed E-state index contributed by atoms with van der Waals surface area (Å²) in [6, 6.07) is 0.0341. The van der Waals surface area contributed by atoms with Crippen LogP contribution >= 0.6 is 0 Å². The zero-order chi connectivity index (χ0) is 11.6. The highest BCUT2D eigenvalue weighted by atomic mass is 16.5. The van der Waals surface area contributed by atoms with E-state index in [4.69, 9.17) is 4.74 Å². The van der Waals surface area contributed by atoms with Crippen molar-refractivity contribution >= 4 is 5.78 Å². The molecule has 1 unspecified atom stereocenters. The predicted molar refractivity (Wildman–Crippen MR) is 60.3 cm³/mol. The Hall–Kier alpha value is -0.450. The average Bonchev–Trinajstić information content (AvgIpc) is 2.65. The van der Waals surface area contributed by atoms with Crippen molar-refractivity contribution in [1.82, 2.24) is 4.90 Å². The minimum Gasteiger partial charge on any atom is -0.388 e. The van der Waals surface area contributed by atoms with Gasteiger partial charge >= 0.3 is 0 Å². The van der Waals surface area contributed by atoms with Gasteiger partial charge in [0.15, 0.2) is 0 Å². The Kier molecular flexibility index (Phi) is 3.62. The zero-order valence-corrected chi connectivity index (χ0v) is 9.95. The van der Waals surface area contributed by atoms with E-state index < -0.39 is 5.60 Å². The number of nitrogens with zero attached hydrogens (tertiary/aromatic N) is 1. The zero-order valence-electron chi connectivity index (χ0n) is 9.95. The van der Waals surface area contributed by atoms with E-state index in [1.807, 2.05) is 11.9 Å². The number of rotatable bonds is 3. The van der Waals surface area contributed by atoms with Gasteiger partial charge in [0.2, 0.25) is 0 Å². The minimum absolute atomic E-state index is 0.0341. The molecule has 16 heavy (non-hydrogen) atoms. The molecule has 4 nitrogen and oxygen atoms in total. The van der Waals surface area contributed by atoms with Crippen LogP contribution in [0.1, 0.15) is 32.1 Å². The van der Waals surface area contributed by atoms with Gasteiger partial charge in [0, 0.05) is 39.0 Å². The summed E-state index contributed by atoms with van der Waals surface area (Å²) in [5.74, 6) is 0.332. The smallest absolute Gasteiger partial charge is 0.149 e. The summed E-state index contributed by atoms with van der Waals surface area (Å²) in [5, 5.41) is 10.4. The largest absolute Gasteiger partial charge is 0.388 e. The van der Waals surface area contributed by atoms with Crippen LogP contribution in [0.3, 0.4) is 0 Å². The van der Waals surface area contributed by atoms with Crippen LogP contribution in [0.2, 0.25) is 0 Å². The molecule has 2 aliphatic rings. The summed E-state index contributed by atoms with van der Waals surface area (Å²) >= 11 is 0. The minimum atomic E-state index is -0.657. The van der Waals surface area contributed by atoms with Crippen LogP contribution in [0.15, 0.2) is 0 Å². The molecule has 1 aliphatic heterocycles. The number of carbonyl (C=O) groups is 1. The molecule has 92 valence electrons. The van der Waals surface area contributed by atoms with E-state index in [9.17, 15) is 9.90 Å². The molecule has 1 N–H and O–H groups in total. The lowest BCUT2D eigenvalue weighted by Gasteiger charge is -2.37. The van der Waals surface area contributed by atoms with Crippen molar-refractivity contribution in [2.75, 3.05) is 26.8 Å². The fourth-order valence-corrected chi connectivity index (χ4v) is 2.75. The molecular formula is C12H21NO3. The van der Waals surface area contributed by atoms with Gasteiger partial charge in [-0.05, 0) is 19.9 Å². The summed E-state index contributed by atoms with van der Waals surface area (Å²) < 4.78 is 5.25. The van der Waals surface area contributed by atoms with Crippen LogP contribution in [0.25, 0.3) is 0 Å². The van der Waals surface area contributed by atoms with Crippen molar-refractivity contribution in [1.29, 1.82) is 0 Å². The summed E-state index contributed by atoms with van der Waals surface area (Å²) in [6.07, 6.45) is 4.00. The van der Waals surface area contributed by atoms with Crippen molar-refractivity contribution in [3.05, 3.63) is 0 Å². The first kappa shape index (κ1) is 12.0. The van der Waals surface area contributed by atoms with Crippen molar-refractivity contribution in [3.8, 4) is 0 Å². The topological polar surface area (TPSA) is 49.8 Å². The molecule has 0 bridgehead atoms. The van der Waals surface area contributed by atoms with Gasteiger partial charge in [0.1, 0.15) is 5.78 Å². The first-order chi connectivity index (χ1) is 7.61. The number of hydrogen-bond acceptors (Lipinski definition) is 4. The third kappa shape index (κ3) is 2.62. The van der Waals surface area contributed by atoms with Crippen LogP contribution in [-0.4, -0.2) is 54.2 Å². The standard InChI is InChI=1S/C12H21NO3/c1-13(10-3-2-4-11(10)14)9-12(15)5-7-16-8-6-12/h10,15H,2-9H2,1H3. The molecule has 1 saturated carbocycles. The molecule has 1 heterocycles. The number of hydrogen-bond donors (Lipinski definition) is 1. The fraction of sp³-hybridized carbons (Fsp3) is 0.917. The molecule has 1 saturated heterocycles. The van der Waals surface area contributed by atoms with E-state index in [0.29, 0.717) is 44.8 Å². The molecule has 2 fully saturated rings. The third-order valence-electron chi connectivity index (χ3n) is 3.77. The Labute approximate surface area is 96.6 Å². The summed E-state index contributed by atoms with van der Waals surface area (Å²) in [4.78, 5) is 13.6. The Morgan fingerprint density at radius 3 is 2.75 bits per heavy atom. The Balaban J connectivity index is 1.90. The van der Waals surface area contributed by atoms with Crippen LogP contribution in [0, 0.1) is 0 Å². The number of ketones is 1. The molecule has 1 aliphatic carbocycles. The molecule has 0 aromatic heterocycles. The van der Waals surface area contributed by atoms with Crippen LogP contribution < -0.4 is 0 Å². The maximum absolute atomic E-state index is 11.6. The van der Waals surface area contributed by atoms with Crippen LogP contribution in [0.5, 0.6) is 0 Å². The number of aliphatic hydroxyl groups is 1. The van der Waals surface area contributed by atoms with E-state index in [-0.39, 0.29) is 6.04 Å². The fourth-order valence-electron chi connectivity index (χ4n) is 2.75. The highest BCUT2D eigenvalue weighted by molar-refractivity contribution is 5.85. The van der Waals surface area contributed by atoms with Gasteiger partial charge in [0.25, 0.3) is 0 Å². The Morgan fingerprint density at radius 2 is 2.19 bits per heavy atom. The molecule has 0 radical (unpaired) electrons. The Bertz CT molecular complexity index is 261. The first-order valence-corrected chi connectivity index (χ1v) is 6.14. The van der Waals surface area contributed by atoms with Gasteiger partial charge < -0.3 is 9.84 Å². The summed E-state index contributed by atoms with van der Waals surface area (Å²) in [5.41, 5.74) is -0.657. The van der Waals surface area contributed by atoms with E-state index >= 15 is 0 Å². The first-order valence-electron chi connectivity index (χ1n) is 6.14. The van der Waals surface area contributed by atoms with Crippen molar-refractivity contribution in [2.45, 2.75) is 43.7 Å². The predicted octanol–water partition coefficient (Wildman–Crippen LogP) is 0.581. The van der Waals surface area contributed by atoms with Gasteiger partial charge in [-0.3, -0.25) is 9.69 Å². The summed E-state index contributed by atoms with van der Waals surface area (Å²) in [7, 11) is 1.95. The molecule has 0 aromatic rings. The maximum atomic E-state index is 11.6. The molecule has 4 heteroatoms. The van der Waals surface area contributed by atoms with Gasteiger partial charge in [-0.1, -0.05) is 0 Å². The van der Waals surface area contributed by atoms with E-state index in [1.165, 1.54) is 0 Å².